The third-order valence-electron chi connectivity index (χ3n) is 4.56. The van der Waals surface area contributed by atoms with Crippen molar-refractivity contribution in [1.29, 1.82) is 0 Å². The van der Waals surface area contributed by atoms with Gasteiger partial charge in [0, 0.05) is 11.9 Å². The van der Waals surface area contributed by atoms with Gasteiger partial charge in [-0.2, -0.15) is 0 Å². The van der Waals surface area contributed by atoms with Crippen molar-refractivity contribution in [3.8, 4) is 17.2 Å². The fourth-order valence-electron chi connectivity index (χ4n) is 3.13. The molecule has 1 aliphatic rings. The number of fused-ring (bicyclic) bond motifs is 2. The van der Waals surface area contributed by atoms with E-state index >= 15 is 0 Å². The quantitative estimate of drug-likeness (QED) is 0.622. The van der Waals surface area contributed by atoms with Gasteiger partial charge in [-0.15, -0.1) is 4.73 Å². The number of ether oxygens (including phenoxy) is 3. The standard InChI is InChI=1S/C21H20N2O6/c1-2-8-27-17-5-3-4-14-10-15(21(25)23(26)19(14)17)20(24)22-11-13-6-7-16-18(9-13)29-12-28-16/h3-7,9-10,26H,2,8,11-12H2,1H3,(H,22,24). The van der Waals surface area contributed by atoms with Crippen LogP contribution in [-0.4, -0.2) is 29.2 Å². The number of nitrogens with one attached hydrogen (secondary N) is 1. The highest BCUT2D eigenvalue weighted by Gasteiger charge is 2.18. The first-order valence-electron chi connectivity index (χ1n) is 9.26. The van der Waals surface area contributed by atoms with Crippen molar-refractivity contribution in [2.75, 3.05) is 13.4 Å². The molecule has 0 fully saturated rings. The molecular formula is C21H20N2O6. The number of rotatable bonds is 6. The number of carbonyl (C=O) groups excluding carboxylic acids is 1. The number of para-hydroxylation sites is 1. The summed E-state index contributed by atoms with van der Waals surface area (Å²) in [7, 11) is 0. The maximum atomic E-state index is 12.6. The molecule has 2 aromatic carbocycles. The van der Waals surface area contributed by atoms with E-state index in [-0.39, 0.29) is 24.4 Å². The van der Waals surface area contributed by atoms with Crippen LogP contribution < -0.4 is 25.1 Å². The fraction of sp³-hybridized carbons (Fsp3) is 0.238. The number of aromatic nitrogens is 1. The Balaban J connectivity index is 1.59. The van der Waals surface area contributed by atoms with Gasteiger partial charge in [-0.3, -0.25) is 9.59 Å². The molecule has 2 heterocycles. The van der Waals surface area contributed by atoms with E-state index in [1.165, 1.54) is 6.07 Å². The third-order valence-corrected chi connectivity index (χ3v) is 4.56. The Morgan fingerprint density at radius 3 is 2.86 bits per heavy atom. The van der Waals surface area contributed by atoms with Gasteiger partial charge in [0.15, 0.2) is 11.5 Å². The average molecular weight is 396 g/mol. The van der Waals surface area contributed by atoms with Gasteiger partial charge in [0.1, 0.15) is 16.8 Å². The predicted octanol–water partition coefficient (Wildman–Crippen LogP) is 2.69. The van der Waals surface area contributed by atoms with Gasteiger partial charge >= 0.3 is 0 Å². The number of hydrogen-bond acceptors (Lipinski definition) is 6. The lowest BCUT2D eigenvalue weighted by Crippen LogP contribution is -2.32. The number of benzene rings is 2. The molecule has 0 atom stereocenters. The van der Waals surface area contributed by atoms with E-state index in [0.29, 0.717) is 34.0 Å². The summed E-state index contributed by atoms with van der Waals surface area (Å²) < 4.78 is 16.7. The smallest absolute Gasteiger partial charge is 0.296 e. The Morgan fingerprint density at radius 2 is 2.03 bits per heavy atom. The van der Waals surface area contributed by atoms with E-state index in [1.807, 2.05) is 6.92 Å². The molecule has 0 saturated heterocycles. The molecule has 1 amide bonds. The summed E-state index contributed by atoms with van der Waals surface area (Å²) in [5, 5.41) is 13.6. The van der Waals surface area contributed by atoms with E-state index in [4.69, 9.17) is 14.2 Å². The Morgan fingerprint density at radius 1 is 1.21 bits per heavy atom. The van der Waals surface area contributed by atoms with Crippen LogP contribution in [0.4, 0.5) is 0 Å². The van der Waals surface area contributed by atoms with Crippen molar-refractivity contribution in [1.82, 2.24) is 10.0 Å². The van der Waals surface area contributed by atoms with E-state index in [1.54, 1.807) is 36.4 Å². The normalized spacial score (nSPS) is 12.2. The second-order valence-electron chi connectivity index (χ2n) is 6.59. The Labute approximate surface area is 166 Å². The topological polar surface area (TPSA) is 99.0 Å². The summed E-state index contributed by atoms with van der Waals surface area (Å²) >= 11 is 0. The molecule has 0 bridgehead atoms. The average Bonchev–Trinajstić information content (AvgIpc) is 3.20. The molecule has 3 aromatic rings. The first-order valence-corrected chi connectivity index (χ1v) is 9.26. The van der Waals surface area contributed by atoms with E-state index < -0.39 is 11.5 Å². The lowest BCUT2D eigenvalue weighted by Gasteiger charge is -2.12. The Hall–Kier alpha value is -3.68. The third kappa shape index (κ3) is 3.56. The van der Waals surface area contributed by atoms with Gasteiger partial charge in [-0.1, -0.05) is 25.1 Å². The highest BCUT2D eigenvalue weighted by Crippen LogP contribution is 2.32. The van der Waals surface area contributed by atoms with Crippen molar-refractivity contribution in [2.24, 2.45) is 0 Å². The molecule has 0 aliphatic carbocycles. The maximum Gasteiger partial charge on any atom is 0.296 e. The molecule has 1 aromatic heterocycles. The van der Waals surface area contributed by atoms with Crippen molar-refractivity contribution < 1.29 is 24.2 Å². The number of pyridine rings is 1. The van der Waals surface area contributed by atoms with Crippen molar-refractivity contribution in [3.05, 3.63) is 63.9 Å². The molecular weight excluding hydrogens is 376 g/mol. The first kappa shape index (κ1) is 18.7. The molecule has 29 heavy (non-hydrogen) atoms. The van der Waals surface area contributed by atoms with Crippen molar-refractivity contribution in [2.45, 2.75) is 19.9 Å². The van der Waals surface area contributed by atoms with E-state index in [0.717, 1.165) is 12.0 Å². The van der Waals surface area contributed by atoms with Crippen LogP contribution in [0.5, 0.6) is 17.2 Å². The first-order chi connectivity index (χ1) is 14.1. The number of hydrogen-bond donors (Lipinski definition) is 2. The number of amides is 1. The molecule has 0 radical (unpaired) electrons. The lowest BCUT2D eigenvalue weighted by molar-refractivity contribution is 0.0943. The Kier molecular flexibility index (Phi) is 4.99. The van der Waals surface area contributed by atoms with Crippen LogP contribution >= 0.6 is 0 Å². The monoisotopic (exact) mass is 396 g/mol. The summed E-state index contributed by atoms with van der Waals surface area (Å²) in [6, 6.07) is 11.9. The zero-order chi connectivity index (χ0) is 20.4. The van der Waals surface area contributed by atoms with Crippen molar-refractivity contribution in [3.63, 3.8) is 0 Å². The molecule has 0 unspecified atom stereocenters. The predicted molar refractivity (Wildman–Crippen MR) is 105 cm³/mol. The minimum Gasteiger partial charge on any atom is -0.491 e. The number of carbonyl (C=O) groups is 1. The van der Waals surface area contributed by atoms with Crippen LogP contribution in [0.3, 0.4) is 0 Å². The molecule has 0 spiro atoms. The molecule has 1 aliphatic heterocycles. The van der Waals surface area contributed by atoms with Gasteiger partial charge < -0.3 is 24.7 Å². The van der Waals surface area contributed by atoms with Crippen LogP contribution in [0.1, 0.15) is 29.3 Å². The van der Waals surface area contributed by atoms with Crippen LogP contribution in [0.15, 0.2) is 47.3 Å². The minimum atomic E-state index is -0.812. The maximum absolute atomic E-state index is 12.6. The summed E-state index contributed by atoms with van der Waals surface area (Å²) in [5.74, 6) is 1.06. The van der Waals surface area contributed by atoms with E-state index in [9.17, 15) is 14.8 Å². The minimum absolute atomic E-state index is 0.159. The van der Waals surface area contributed by atoms with Crippen LogP contribution in [-0.2, 0) is 6.54 Å². The van der Waals surface area contributed by atoms with E-state index in [2.05, 4.69) is 5.32 Å². The fourth-order valence-corrected chi connectivity index (χ4v) is 3.13. The van der Waals surface area contributed by atoms with Crippen molar-refractivity contribution >= 4 is 16.8 Å². The SMILES string of the molecule is CCCOc1cccc2cc(C(=O)NCc3ccc4c(c3)OCO4)c(=O)n(O)c12. The molecule has 4 rings (SSSR count). The second-order valence-corrected chi connectivity index (χ2v) is 6.59. The number of nitrogens with zero attached hydrogens (tertiary/aromatic N) is 1. The Bertz CT molecular complexity index is 1140. The molecule has 8 heteroatoms. The van der Waals surface area contributed by atoms with Gasteiger partial charge in [0.2, 0.25) is 6.79 Å². The molecule has 2 N–H and O–H groups in total. The van der Waals surface area contributed by atoms with Crippen LogP contribution in [0.25, 0.3) is 10.9 Å². The van der Waals surface area contributed by atoms with Crippen LogP contribution in [0, 0.1) is 0 Å². The molecule has 150 valence electrons. The lowest BCUT2D eigenvalue weighted by atomic mass is 10.1. The summed E-state index contributed by atoms with van der Waals surface area (Å²) in [5.41, 5.74) is 0.0582. The zero-order valence-corrected chi connectivity index (χ0v) is 15.8. The highest BCUT2D eigenvalue weighted by atomic mass is 16.7. The summed E-state index contributed by atoms with van der Waals surface area (Å²) in [6.45, 7) is 2.77. The summed E-state index contributed by atoms with van der Waals surface area (Å²) in [6.07, 6.45) is 0.784. The van der Waals surface area contributed by atoms with Gasteiger partial charge in [-0.25, -0.2) is 0 Å². The van der Waals surface area contributed by atoms with Gasteiger partial charge in [0.25, 0.3) is 11.5 Å². The highest BCUT2D eigenvalue weighted by molar-refractivity contribution is 5.98. The van der Waals surface area contributed by atoms with Crippen LogP contribution in [0.2, 0.25) is 0 Å². The second kappa shape index (κ2) is 7.75. The zero-order valence-electron chi connectivity index (χ0n) is 15.8. The largest absolute Gasteiger partial charge is 0.491 e. The van der Waals surface area contributed by atoms with Gasteiger partial charge in [0.05, 0.1) is 6.61 Å². The molecule has 0 saturated carbocycles. The molecule has 8 nitrogen and oxygen atoms in total. The van der Waals surface area contributed by atoms with Gasteiger partial charge in [-0.05, 0) is 36.2 Å². The summed E-state index contributed by atoms with van der Waals surface area (Å²) in [4.78, 5) is 25.2.